The van der Waals surface area contributed by atoms with Crippen molar-refractivity contribution in [3.63, 3.8) is 0 Å². The Labute approximate surface area is 117 Å². The highest BCUT2D eigenvalue weighted by Gasteiger charge is 2.25. The van der Waals surface area contributed by atoms with Gasteiger partial charge in [-0.15, -0.1) is 0 Å². The van der Waals surface area contributed by atoms with Crippen molar-refractivity contribution in [3.05, 3.63) is 29.6 Å². The molecule has 1 N–H and O–H groups in total. The summed E-state index contributed by atoms with van der Waals surface area (Å²) in [5.41, 5.74) is 2.32. The fourth-order valence-corrected chi connectivity index (χ4v) is 2.89. The van der Waals surface area contributed by atoms with Crippen molar-refractivity contribution in [2.45, 2.75) is 58.7 Å². The number of rotatable bonds is 5. The fraction of sp³-hybridized carbons (Fsp3) is 0.688. The maximum Gasteiger partial charge on any atom is 0.0547 e. The summed E-state index contributed by atoms with van der Waals surface area (Å²) < 4.78 is 0. The molecule has 1 aliphatic rings. The Bertz CT molecular complexity index is 391. The highest BCUT2D eigenvalue weighted by atomic mass is 15.2. The summed E-state index contributed by atoms with van der Waals surface area (Å²) in [6.45, 7) is 9.96. The summed E-state index contributed by atoms with van der Waals surface area (Å²) in [5.74, 6) is 0. The molecule has 0 aromatic carbocycles. The molecule has 0 radical (unpaired) electrons. The van der Waals surface area contributed by atoms with Gasteiger partial charge in [0.2, 0.25) is 0 Å². The lowest BCUT2D eigenvalue weighted by Crippen LogP contribution is -2.47. The molecule has 0 amide bonds. The van der Waals surface area contributed by atoms with Crippen LogP contribution in [0.25, 0.3) is 0 Å². The van der Waals surface area contributed by atoms with Crippen LogP contribution < -0.4 is 5.32 Å². The van der Waals surface area contributed by atoms with Crippen molar-refractivity contribution in [1.82, 2.24) is 15.2 Å². The summed E-state index contributed by atoms with van der Waals surface area (Å²) in [6.07, 6.45) is 3.74. The zero-order valence-corrected chi connectivity index (χ0v) is 12.5. The molecule has 19 heavy (non-hydrogen) atoms. The topological polar surface area (TPSA) is 28.2 Å². The predicted molar refractivity (Wildman–Crippen MR) is 80.2 cm³/mol. The van der Waals surface area contributed by atoms with Crippen LogP contribution >= 0.6 is 0 Å². The first-order valence-corrected chi connectivity index (χ1v) is 7.59. The maximum atomic E-state index is 4.61. The lowest BCUT2D eigenvalue weighted by atomic mass is 9.98. The van der Waals surface area contributed by atoms with Crippen molar-refractivity contribution in [3.8, 4) is 0 Å². The molecule has 0 bridgehead atoms. The Morgan fingerprint density at radius 1 is 1.42 bits per heavy atom. The van der Waals surface area contributed by atoms with Crippen LogP contribution in [0.5, 0.6) is 0 Å². The molecule has 2 heterocycles. The second-order valence-corrected chi connectivity index (χ2v) is 5.77. The molecule has 0 spiro atoms. The largest absolute Gasteiger partial charge is 0.314 e. The van der Waals surface area contributed by atoms with Crippen LogP contribution in [0.1, 0.15) is 44.5 Å². The van der Waals surface area contributed by atoms with Gasteiger partial charge in [0.25, 0.3) is 0 Å². The van der Waals surface area contributed by atoms with Crippen molar-refractivity contribution in [2.75, 3.05) is 13.1 Å². The molecule has 3 heteroatoms. The van der Waals surface area contributed by atoms with Gasteiger partial charge in [-0.1, -0.05) is 13.0 Å². The first-order chi connectivity index (χ1) is 9.19. The molecule has 1 fully saturated rings. The summed E-state index contributed by atoms with van der Waals surface area (Å²) in [5, 5.41) is 3.65. The number of hydrogen-bond donors (Lipinski definition) is 1. The van der Waals surface area contributed by atoms with Crippen molar-refractivity contribution >= 4 is 0 Å². The molecule has 2 unspecified atom stereocenters. The van der Waals surface area contributed by atoms with Gasteiger partial charge in [-0.25, -0.2) is 0 Å². The average molecular weight is 261 g/mol. The molecule has 0 aliphatic carbocycles. The normalized spacial score (nSPS) is 24.6. The van der Waals surface area contributed by atoms with Gasteiger partial charge in [0, 0.05) is 30.9 Å². The second-order valence-electron chi connectivity index (χ2n) is 5.77. The van der Waals surface area contributed by atoms with Gasteiger partial charge in [-0.05, 0) is 51.8 Å². The molecule has 106 valence electrons. The smallest absolute Gasteiger partial charge is 0.0547 e. The number of aryl methyl sites for hydroxylation is 1. The summed E-state index contributed by atoms with van der Waals surface area (Å²) in [7, 11) is 0. The van der Waals surface area contributed by atoms with Gasteiger partial charge in [0.05, 0.1) is 5.69 Å². The quantitative estimate of drug-likeness (QED) is 0.883. The summed E-state index contributed by atoms with van der Waals surface area (Å²) >= 11 is 0. The zero-order valence-electron chi connectivity index (χ0n) is 12.5. The molecule has 0 saturated carbocycles. The van der Waals surface area contributed by atoms with Crippen LogP contribution in [0, 0.1) is 6.92 Å². The summed E-state index contributed by atoms with van der Waals surface area (Å²) in [6, 6.07) is 7.66. The Balaban J connectivity index is 1.86. The SMILES string of the molecule is CCCNC1CCN(Cc2cccc(C)n2)C(C)C1. The minimum Gasteiger partial charge on any atom is -0.314 e. The van der Waals surface area contributed by atoms with E-state index in [1.807, 2.05) is 0 Å². The van der Waals surface area contributed by atoms with E-state index in [4.69, 9.17) is 0 Å². The first-order valence-electron chi connectivity index (χ1n) is 7.59. The van der Waals surface area contributed by atoms with E-state index < -0.39 is 0 Å². The van der Waals surface area contributed by atoms with E-state index in [0.717, 1.165) is 18.8 Å². The molecular formula is C16H27N3. The Hall–Kier alpha value is -0.930. The number of pyridine rings is 1. The van der Waals surface area contributed by atoms with Gasteiger partial charge >= 0.3 is 0 Å². The maximum absolute atomic E-state index is 4.61. The lowest BCUT2D eigenvalue weighted by molar-refractivity contribution is 0.127. The zero-order chi connectivity index (χ0) is 13.7. The van der Waals surface area contributed by atoms with Crippen molar-refractivity contribution < 1.29 is 0 Å². The molecule has 1 saturated heterocycles. The fourth-order valence-electron chi connectivity index (χ4n) is 2.89. The number of likely N-dealkylation sites (tertiary alicyclic amines) is 1. The van der Waals surface area contributed by atoms with E-state index >= 15 is 0 Å². The Morgan fingerprint density at radius 3 is 2.95 bits per heavy atom. The third kappa shape index (κ3) is 4.29. The predicted octanol–water partition coefficient (Wildman–Crippen LogP) is 2.74. The van der Waals surface area contributed by atoms with Gasteiger partial charge in [0.1, 0.15) is 0 Å². The van der Waals surface area contributed by atoms with Crippen molar-refractivity contribution in [1.29, 1.82) is 0 Å². The molecule has 2 atom stereocenters. The lowest BCUT2D eigenvalue weighted by Gasteiger charge is -2.38. The molecule has 2 rings (SSSR count). The van der Waals surface area contributed by atoms with E-state index in [2.05, 4.69) is 54.2 Å². The van der Waals surface area contributed by atoms with E-state index in [1.165, 1.54) is 31.5 Å². The van der Waals surface area contributed by atoms with Gasteiger partial charge < -0.3 is 5.32 Å². The van der Waals surface area contributed by atoms with Crippen LogP contribution in [-0.4, -0.2) is 35.1 Å². The first kappa shape index (κ1) is 14.5. The highest BCUT2D eigenvalue weighted by molar-refractivity contribution is 5.10. The molecule has 1 aromatic rings. The minimum atomic E-state index is 0.644. The van der Waals surface area contributed by atoms with E-state index in [0.29, 0.717) is 12.1 Å². The van der Waals surface area contributed by atoms with Crippen LogP contribution in [0.3, 0.4) is 0 Å². The number of nitrogens with zero attached hydrogens (tertiary/aromatic N) is 2. The number of piperidine rings is 1. The number of hydrogen-bond acceptors (Lipinski definition) is 3. The van der Waals surface area contributed by atoms with Gasteiger partial charge in [0.15, 0.2) is 0 Å². The molecule has 3 nitrogen and oxygen atoms in total. The van der Waals surface area contributed by atoms with E-state index in [-0.39, 0.29) is 0 Å². The molecule has 1 aliphatic heterocycles. The van der Waals surface area contributed by atoms with E-state index in [9.17, 15) is 0 Å². The highest BCUT2D eigenvalue weighted by Crippen LogP contribution is 2.19. The van der Waals surface area contributed by atoms with Gasteiger partial charge in [-0.2, -0.15) is 0 Å². The third-order valence-electron chi connectivity index (χ3n) is 4.01. The Morgan fingerprint density at radius 2 is 2.26 bits per heavy atom. The van der Waals surface area contributed by atoms with Crippen LogP contribution in [-0.2, 0) is 6.54 Å². The molecular weight excluding hydrogens is 234 g/mol. The third-order valence-corrected chi connectivity index (χ3v) is 4.01. The van der Waals surface area contributed by atoms with Crippen LogP contribution in [0.2, 0.25) is 0 Å². The number of nitrogens with one attached hydrogen (secondary N) is 1. The minimum absolute atomic E-state index is 0.644. The van der Waals surface area contributed by atoms with E-state index in [1.54, 1.807) is 0 Å². The Kier molecular flexibility index (Phi) is 5.34. The van der Waals surface area contributed by atoms with Gasteiger partial charge in [-0.3, -0.25) is 9.88 Å². The standard InChI is InChI=1S/C16H27N3/c1-4-9-17-15-8-10-19(14(3)11-15)12-16-7-5-6-13(2)18-16/h5-7,14-15,17H,4,8-12H2,1-3H3. The summed E-state index contributed by atoms with van der Waals surface area (Å²) in [4.78, 5) is 7.17. The van der Waals surface area contributed by atoms with Crippen LogP contribution in [0.4, 0.5) is 0 Å². The number of aromatic nitrogens is 1. The average Bonchev–Trinajstić information content (AvgIpc) is 2.39. The monoisotopic (exact) mass is 261 g/mol. The van der Waals surface area contributed by atoms with Crippen molar-refractivity contribution in [2.24, 2.45) is 0 Å². The molecule has 1 aromatic heterocycles. The second kappa shape index (κ2) is 7.01. The van der Waals surface area contributed by atoms with Crippen LogP contribution in [0.15, 0.2) is 18.2 Å².